The zero-order chi connectivity index (χ0) is 22.0. The Labute approximate surface area is 170 Å². The maximum absolute atomic E-state index is 13.3. The number of aliphatic hydroxyl groups is 4. The Balaban J connectivity index is 1.71. The van der Waals surface area contributed by atoms with Crippen molar-refractivity contribution in [3.63, 3.8) is 0 Å². The van der Waals surface area contributed by atoms with Gasteiger partial charge in [-0.2, -0.15) is 0 Å². The number of ketones is 1. The van der Waals surface area contributed by atoms with Gasteiger partial charge < -0.3 is 35.0 Å². The summed E-state index contributed by atoms with van der Waals surface area (Å²) in [6, 6.07) is 0. The van der Waals surface area contributed by atoms with Crippen LogP contribution in [-0.2, 0) is 23.9 Å². The molecule has 4 aliphatic carbocycles. The van der Waals surface area contributed by atoms with E-state index in [-0.39, 0.29) is 12.8 Å². The maximum atomic E-state index is 13.3. The molecule has 6 rings (SSSR count). The van der Waals surface area contributed by atoms with Gasteiger partial charge in [0.2, 0.25) is 5.60 Å². The summed E-state index contributed by atoms with van der Waals surface area (Å²) in [5.41, 5.74) is -11.1. The monoisotopic (exact) mass is 424 g/mol. The number of ether oxygens (including phenoxy) is 2. The Morgan fingerprint density at radius 1 is 1.20 bits per heavy atom. The Morgan fingerprint density at radius 3 is 2.43 bits per heavy atom. The zero-order valence-corrected chi connectivity index (χ0v) is 16.7. The van der Waals surface area contributed by atoms with Crippen molar-refractivity contribution in [2.75, 3.05) is 0 Å². The molecule has 6 aliphatic rings. The van der Waals surface area contributed by atoms with Gasteiger partial charge in [-0.25, -0.2) is 4.79 Å². The van der Waals surface area contributed by atoms with Crippen molar-refractivity contribution in [2.24, 2.45) is 28.1 Å². The number of esters is 1. The van der Waals surface area contributed by atoms with E-state index in [1.54, 1.807) is 13.8 Å². The zero-order valence-electron chi connectivity index (χ0n) is 16.7. The number of aliphatic hydroxyl groups excluding tert-OH is 2. The molecule has 4 saturated carbocycles. The van der Waals surface area contributed by atoms with E-state index >= 15 is 0 Å². The SMILES string of the molecule is C[C@H](C(=O)O)[C@@]1(O)[C@@H](O)CC23C4C[C@H]5C(C)(C)C6(O)C(=O)[C@H](O)C52C6OC31C(=O)O4. The number of carboxylic acids is 1. The predicted molar refractivity (Wildman–Crippen MR) is 92.6 cm³/mol. The molecular formula is C20H24O10. The first-order chi connectivity index (χ1) is 13.8. The van der Waals surface area contributed by atoms with Crippen LogP contribution in [-0.4, -0.2) is 84.5 Å². The van der Waals surface area contributed by atoms with Crippen molar-refractivity contribution >= 4 is 17.7 Å². The van der Waals surface area contributed by atoms with E-state index in [1.165, 1.54) is 6.92 Å². The van der Waals surface area contributed by atoms with Crippen LogP contribution < -0.4 is 0 Å². The topological polar surface area (TPSA) is 171 Å². The lowest BCUT2D eigenvalue weighted by atomic mass is 9.52. The second-order valence-electron chi connectivity index (χ2n) is 10.6. The smallest absolute Gasteiger partial charge is 0.342 e. The van der Waals surface area contributed by atoms with Crippen LogP contribution in [0.3, 0.4) is 0 Å². The molecule has 0 aromatic rings. The van der Waals surface area contributed by atoms with Crippen LogP contribution in [0.15, 0.2) is 0 Å². The molecule has 2 saturated heterocycles. The fraction of sp³-hybridized carbons (Fsp3) is 0.850. The lowest BCUT2D eigenvalue weighted by Gasteiger charge is -2.50. The van der Waals surface area contributed by atoms with Gasteiger partial charge in [-0.1, -0.05) is 13.8 Å². The minimum Gasteiger partial charge on any atom is -0.481 e. The standard InChI is InChI=1S/C20H24O10/c1-6(12(24)25)18(27)8(21)5-16-9-4-7-15(2,3)19(28)11(23)10(22)17(7,16)13(19)30-20(16,18)14(26)29-9/h6-10,13,21-22,27-28H,4-5H2,1-3H3,(H,24,25)/t6-,7+,8+,9?,10+,13?,16?,17?,18-,19?,20?/m1/s1. The lowest BCUT2D eigenvalue weighted by molar-refractivity contribution is -0.244. The Morgan fingerprint density at radius 2 is 1.83 bits per heavy atom. The third kappa shape index (κ3) is 1.18. The summed E-state index contributed by atoms with van der Waals surface area (Å²) >= 11 is 0. The normalized spacial score (nSPS) is 61.9. The van der Waals surface area contributed by atoms with E-state index < -0.39 is 87.0 Å². The highest BCUT2D eigenvalue weighted by Crippen LogP contribution is 2.89. The quantitative estimate of drug-likeness (QED) is 0.312. The van der Waals surface area contributed by atoms with Crippen molar-refractivity contribution in [3.05, 3.63) is 0 Å². The molecule has 10 heteroatoms. The maximum Gasteiger partial charge on any atom is 0.342 e. The van der Waals surface area contributed by atoms with Gasteiger partial charge in [0.25, 0.3) is 0 Å². The Bertz CT molecular complexity index is 961. The number of Topliss-reactive ketones (excluding diaryl/α,β-unsaturated/α-hetero) is 1. The first-order valence-electron chi connectivity index (χ1n) is 10.2. The van der Waals surface area contributed by atoms with E-state index in [1.807, 2.05) is 0 Å². The molecule has 2 heterocycles. The number of carbonyl (C=O) groups excluding carboxylic acids is 2. The molecule has 6 fully saturated rings. The summed E-state index contributed by atoms with van der Waals surface area (Å²) in [6.45, 7) is 4.56. The minimum atomic E-state index is -2.57. The van der Waals surface area contributed by atoms with Gasteiger partial charge in [0.15, 0.2) is 11.4 Å². The van der Waals surface area contributed by atoms with E-state index in [0.717, 1.165) is 0 Å². The molecule has 30 heavy (non-hydrogen) atoms. The molecule has 6 unspecified atom stereocenters. The second-order valence-corrected chi connectivity index (χ2v) is 10.6. The Kier molecular flexibility index (Phi) is 2.85. The highest BCUT2D eigenvalue weighted by Gasteiger charge is 3.04. The summed E-state index contributed by atoms with van der Waals surface area (Å²) in [5.74, 6) is -5.42. The number of aliphatic carboxylic acids is 1. The van der Waals surface area contributed by atoms with Gasteiger partial charge in [0.1, 0.15) is 23.9 Å². The summed E-state index contributed by atoms with van der Waals surface area (Å²) in [5, 5.41) is 55.1. The highest BCUT2D eigenvalue weighted by atomic mass is 16.6. The number of rotatable bonds is 2. The number of hydrogen-bond acceptors (Lipinski definition) is 9. The van der Waals surface area contributed by atoms with Crippen LogP contribution in [0.2, 0.25) is 0 Å². The first-order valence-corrected chi connectivity index (χ1v) is 10.2. The van der Waals surface area contributed by atoms with E-state index in [0.29, 0.717) is 0 Å². The fourth-order valence-corrected chi connectivity index (χ4v) is 9.04. The molecule has 0 aromatic heterocycles. The van der Waals surface area contributed by atoms with Gasteiger partial charge >= 0.3 is 11.9 Å². The van der Waals surface area contributed by atoms with Crippen molar-refractivity contribution in [2.45, 2.75) is 74.8 Å². The van der Waals surface area contributed by atoms with Gasteiger partial charge in [0, 0.05) is 10.8 Å². The van der Waals surface area contributed by atoms with Gasteiger partial charge in [0.05, 0.1) is 17.4 Å². The van der Waals surface area contributed by atoms with Crippen LogP contribution in [0, 0.1) is 28.1 Å². The van der Waals surface area contributed by atoms with Crippen molar-refractivity contribution in [1.82, 2.24) is 0 Å². The molecule has 2 bridgehead atoms. The first kappa shape index (κ1) is 19.1. The average Bonchev–Trinajstić information content (AvgIpc) is 3.33. The van der Waals surface area contributed by atoms with Crippen LogP contribution in [0.4, 0.5) is 0 Å². The molecular weight excluding hydrogens is 400 g/mol. The number of hydrogen-bond donors (Lipinski definition) is 5. The van der Waals surface area contributed by atoms with Crippen LogP contribution in [0.5, 0.6) is 0 Å². The molecule has 5 N–H and O–H groups in total. The van der Waals surface area contributed by atoms with Crippen LogP contribution in [0.1, 0.15) is 33.6 Å². The largest absolute Gasteiger partial charge is 0.481 e. The summed E-state index contributed by atoms with van der Waals surface area (Å²) in [6.07, 6.45) is -5.67. The molecule has 11 atom stereocenters. The van der Waals surface area contributed by atoms with Crippen molar-refractivity contribution in [1.29, 1.82) is 0 Å². The predicted octanol–water partition coefficient (Wildman–Crippen LogP) is -2.03. The molecule has 2 aliphatic heterocycles. The fourth-order valence-electron chi connectivity index (χ4n) is 9.04. The van der Waals surface area contributed by atoms with Gasteiger partial charge in [-0.05, 0) is 25.7 Å². The van der Waals surface area contributed by atoms with Crippen molar-refractivity contribution in [3.8, 4) is 0 Å². The Hall–Kier alpha value is -1.59. The van der Waals surface area contributed by atoms with Gasteiger partial charge in [-0.3, -0.25) is 9.59 Å². The molecule has 0 radical (unpaired) electrons. The van der Waals surface area contributed by atoms with E-state index in [2.05, 4.69) is 0 Å². The van der Waals surface area contributed by atoms with Gasteiger partial charge in [-0.15, -0.1) is 0 Å². The van der Waals surface area contributed by atoms with E-state index in [9.17, 15) is 39.9 Å². The third-order valence-electron chi connectivity index (χ3n) is 10.2. The number of carboxylic acid groups (broad SMARTS) is 1. The molecule has 2 spiro atoms. The average molecular weight is 424 g/mol. The van der Waals surface area contributed by atoms with E-state index in [4.69, 9.17) is 9.47 Å². The second kappa shape index (κ2) is 4.47. The van der Waals surface area contributed by atoms with Crippen LogP contribution in [0.25, 0.3) is 0 Å². The van der Waals surface area contributed by atoms with Crippen molar-refractivity contribution < 1.29 is 49.4 Å². The third-order valence-corrected chi connectivity index (χ3v) is 10.2. The summed E-state index contributed by atoms with van der Waals surface area (Å²) in [4.78, 5) is 38.2. The minimum absolute atomic E-state index is 0.206. The number of carbonyl (C=O) groups is 3. The molecule has 164 valence electrons. The summed E-state index contributed by atoms with van der Waals surface area (Å²) in [7, 11) is 0. The summed E-state index contributed by atoms with van der Waals surface area (Å²) < 4.78 is 11.8. The molecule has 10 nitrogen and oxygen atoms in total. The van der Waals surface area contributed by atoms with Crippen LogP contribution >= 0.6 is 0 Å². The molecule has 0 aromatic carbocycles. The lowest BCUT2D eigenvalue weighted by Crippen LogP contribution is -2.70. The molecule has 0 amide bonds. The highest BCUT2D eigenvalue weighted by molar-refractivity contribution is 6.01.